The molecule has 0 atom stereocenters. The molecule has 1 aliphatic heterocycles. The van der Waals surface area contributed by atoms with Crippen LogP contribution in [0.3, 0.4) is 0 Å². The summed E-state index contributed by atoms with van der Waals surface area (Å²) in [6.07, 6.45) is 1.58. The Morgan fingerprint density at radius 1 is 1.28 bits per heavy atom. The number of hydrogen-bond donors (Lipinski definition) is 2. The molecule has 1 amide bonds. The van der Waals surface area contributed by atoms with Crippen LogP contribution in [-0.4, -0.2) is 55.8 Å². The number of hydrogen-bond acceptors (Lipinski definition) is 3. The summed E-state index contributed by atoms with van der Waals surface area (Å²) in [4.78, 5) is 18.5. The normalized spacial score (nSPS) is 15.5. The van der Waals surface area contributed by atoms with Crippen LogP contribution in [0.15, 0.2) is 29.3 Å². The molecule has 0 bridgehead atoms. The van der Waals surface area contributed by atoms with Crippen molar-refractivity contribution in [2.24, 2.45) is 4.99 Å². The maximum atomic E-state index is 11.8. The quantitative estimate of drug-likeness (QED) is 0.340. The molecule has 0 aromatic heterocycles. The zero-order valence-electron chi connectivity index (χ0n) is 18.5. The highest BCUT2D eigenvalue weighted by Crippen LogP contribution is 2.24. The van der Waals surface area contributed by atoms with Crippen LogP contribution in [-0.2, 0) is 10.2 Å². The number of ether oxygens (including phenoxy) is 1. The van der Waals surface area contributed by atoms with Gasteiger partial charge in [-0.05, 0) is 39.2 Å². The van der Waals surface area contributed by atoms with Gasteiger partial charge in [-0.2, -0.15) is 0 Å². The van der Waals surface area contributed by atoms with E-state index in [1.54, 1.807) is 4.90 Å². The van der Waals surface area contributed by atoms with E-state index in [4.69, 9.17) is 9.73 Å². The molecular weight excluding hydrogens is 479 g/mol. The fraction of sp³-hybridized carbons (Fsp3) is 0.636. The number of benzene rings is 1. The van der Waals surface area contributed by atoms with Crippen molar-refractivity contribution in [3.05, 3.63) is 35.4 Å². The number of carbonyl (C=O) groups is 1. The molecule has 29 heavy (non-hydrogen) atoms. The Kier molecular flexibility index (Phi) is 10.8. The number of aliphatic imine (C=N–C) groups is 1. The first-order valence-electron chi connectivity index (χ1n) is 10.4. The molecule has 1 heterocycles. The molecule has 1 aliphatic rings. The number of piperidine rings is 1. The lowest BCUT2D eigenvalue weighted by molar-refractivity contribution is 0.0963. The van der Waals surface area contributed by atoms with Gasteiger partial charge in [0.2, 0.25) is 0 Å². The molecule has 0 aliphatic carbocycles. The minimum absolute atomic E-state index is 0. The Hall–Kier alpha value is -1.51. The van der Waals surface area contributed by atoms with Crippen LogP contribution in [0.1, 0.15) is 51.7 Å². The summed E-state index contributed by atoms with van der Waals surface area (Å²) in [7, 11) is 0. The molecule has 0 saturated carbocycles. The highest BCUT2D eigenvalue weighted by atomic mass is 127. The van der Waals surface area contributed by atoms with E-state index in [-0.39, 0.29) is 35.5 Å². The molecule has 0 radical (unpaired) electrons. The van der Waals surface area contributed by atoms with Crippen LogP contribution in [0.4, 0.5) is 4.79 Å². The minimum atomic E-state index is -0.207. The SMILES string of the molecule is CCNC(=NCC(C)(C)c1cccc(C)c1)NC1CCN(C(=O)OCC)CC1.I. The number of amides is 1. The molecule has 2 N–H and O–H groups in total. The van der Waals surface area contributed by atoms with E-state index >= 15 is 0 Å². The van der Waals surface area contributed by atoms with Crippen molar-refractivity contribution in [3.8, 4) is 0 Å². The molecule has 1 saturated heterocycles. The Morgan fingerprint density at radius 2 is 1.97 bits per heavy atom. The largest absolute Gasteiger partial charge is 0.450 e. The molecule has 2 rings (SSSR count). The smallest absolute Gasteiger partial charge is 0.409 e. The number of aryl methyl sites for hydroxylation is 1. The predicted octanol–water partition coefficient (Wildman–Crippen LogP) is 4.07. The molecule has 1 fully saturated rings. The van der Waals surface area contributed by atoms with Gasteiger partial charge in [0.1, 0.15) is 0 Å². The van der Waals surface area contributed by atoms with Crippen molar-refractivity contribution in [2.45, 2.75) is 58.9 Å². The van der Waals surface area contributed by atoms with Crippen molar-refractivity contribution in [1.82, 2.24) is 15.5 Å². The van der Waals surface area contributed by atoms with E-state index in [1.807, 2.05) is 6.92 Å². The summed E-state index contributed by atoms with van der Waals surface area (Å²) in [5, 5.41) is 6.90. The van der Waals surface area contributed by atoms with Crippen LogP contribution < -0.4 is 10.6 Å². The van der Waals surface area contributed by atoms with E-state index in [0.29, 0.717) is 32.3 Å². The summed E-state index contributed by atoms with van der Waals surface area (Å²) >= 11 is 0. The zero-order chi connectivity index (χ0) is 20.6. The van der Waals surface area contributed by atoms with E-state index in [9.17, 15) is 4.79 Å². The number of nitrogens with one attached hydrogen (secondary N) is 2. The molecule has 7 heteroatoms. The second kappa shape index (κ2) is 12.2. The van der Waals surface area contributed by atoms with Crippen LogP contribution >= 0.6 is 24.0 Å². The third-order valence-electron chi connectivity index (χ3n) is 5.14. The number of rotatable bonds is 6. The molecule has 1 aromatic carbocycles. The molecule has 0 unspecified atom stereocenters. The molecule has 0 spiro atoms. The lowest BCUT2D eigenvalue weighted by Gasteiger charge is -2.32. The summed E-state index contributed by atoms with van der Waals surface area (Å²) in [5.74, 6) is 0.845. The highest BCUT2D eigenvalue weighted by molar-refractivity contribution is 14.0. The van der Waals surface area contributed by atoms with Gasteiger partial charge in [-0.25, -0.2) is 4.79 Å². The van der Waals surface area contributed by atoms with E-state index < -0.39 is 0 Å². The van der Waals surface area contributed by atoms with Crippen LogP contribution in [0.25, 0.3) is 0 Å². The number of guanidine groups is 1. The van der Waals surface area contributed by atoms with Crippen LogP contribution in [0.2, 0.25) is 0 Å². The van der Waals surface area contributed by atoms with Gasteiger partial charge in [0.25, 0.3) is 0 Å². The molecule has 164 valence electrons. The van der Waals surface area contributed by atoms with Gasteiger partial charge in [0, 0.05) is 31.1 Å². The second-order valence-corrected chi connectivity index (χ2v) is 8.05. The summed E-state index contributed by atoms with van der Waals surface area (Å²) < 4.78 is 5.09. The summed E-state index contributed by atoms with van der Waals surface area (Å²) in [6.45, 7) is 13.9. The Labute approximate surface area is 192 Å². The fourth-order valence-electron chi connectivity index (χ4n) is 3.37. The monoisotopic (exact) mass is 516 g/mol. The average molecular weight is 516 g/mol. The van der Waals surface area contributed by atoms with Crippen molar-refractivity contribution >= 4 is 36.0 Å². The maximum absolute atomic E-state index is 11.8. The Balaban J connectivity index is 0.00000420. The van der Waals surface area contributed by atoms with Crippen molar-refractivity contribution < 1.29 is 9.53 Å². The van der Waals surface area contributed by atoms with Crippen LogP contribution in [0.5, 0.6) is 0 Å². The molecule has 1 aromatic rings. The van der Waals surface area contributed by atoms with Gasteiger partial charge >= 0.3 is 6.09 Å². The first-order chi connectivity index (χ1) is 13.4. The van der Waals surface area contributed by atoms with Gasteiger partial charge in [0.15, 0.2) is 5.96 Å². The Morgan fingerprint density at radius 3 is 2.55 bits per heavy atom. The van der Waals surface area contributed by atoms with Crippen LogP contribution in [0, 0.1) is 6.92 Å². The van der Waals surface area contributed by atoms with Crippen molar-refractivity contribution in [2.75, 3.05) is 32.8 Å². The van der Waals surface area contributed by atoms with Crippen molar-refractivity contribution in [3.63, 3.8) is 0 Å². The highest BCUT2D eigenvalue weighted by Gasteiger charge is 2.25. The topological polar surface area (TPSA) is 66.0 Å². The number of halogens is 1. The van der Waals surface area contributed by atoms with Crippen molar-refractivity contribution in [1.29, 1.82) is 0 Å². The number of likely N-dealkylation sites (tertiary alicyclic amines) is 1. The third-order valence-corrected chi connectivity index (χ3v) is 5.14. The number of carbonyl (C=O) groups excluding carboxylic acids is 1. The van der Waals surface area contributed by atoms with Gasteiger partial charge in [-0.1, -0.05) is 43.7 Å². The van der Waals surface area contributed by atoms with Gasteiger partial charge in [0.05, 0.1) is 13.2 Å². The molecule has 6 nitrogen and oxygen atoms in total. The standard InChI is InChI=1S/C22H36N4O2.HI/c1-6-23-20(24-16-22(4,5)18-10-8-9-17(3)15-18)25-19-11-13-26(14-12-19)21(27)28-7-2;/h8-10,15,19H,6-7,11-14,16H2,1-5H3,(H2,23,24,25);1H. The lowest BCUT2D eigenvalue weighted by atomic mass is 9.84. The van der Waals surface area contributed by atoms with Gasteiger partial charge in [-0.3, -0.25) is 4.99 Å². The minimum Gasteiger partial charge on any atom is -0.450 e. The molecular formula is C22H37IN4O2. The fourth-order valence-corrected chi connectivity index (χ4v) is 3.37. The first-order valence-corrected chi connectivity index (χ1v) is 10.4. The average Bonchev–Trinajstić information content (AvgIpc) is 2.67. The van der Waals surface area contributed by atoms with E-state index in [2.05, 4.69) is 62.6 Å². The Bertz CT molecular complexity index is 671. The first kappa shape index (κ1) is 25.5. The maximum Gasteiger partial charge on any atom is 0.409 e. The summed E-state index contributed by atoms with van der Waals surface area (Å²) in [6, 6.07) is 8.95. The predicted molar refractivity (Wildman–Crippen MR) is 130 cm³/mol. The summed E-state index contributed by atoms with van der Waals surface area (Å²) in [5.41, 5.74) is 2.53. The zero-order valence-corrected chi connectivity index (χ0v) is 20.8. The van der Waals surface area contributed by atoms with Gasteiger partial charge in [-0.15, -0.1) is 24.0 Å². The second-order valence-electron chi connectivity index (χ2n) is 8.05. The van der Waals surface area contributed by atoms with E-state index in [0.717, 1.165) is 25.3 Å². The number of nitrogens with zero attached hydrogens (tertiary/aromatic N) is 2. The van der Waals surface area contributed by atoms with Gasteiger partial charge < -0.3 is 20.3 Å². The van der Waals surface area contributed by atoms with E-state index in [1.165, 1.54) is 11.1 Å². The lowest BCUT2D eigenvalue weighted by Crippen LogP contribution is -2.50. The third kappa shape index (κ3) is 8.03.